The van der Waals surface area contributed by atoms with Gasteiger partial charge in [0, 0.05) is 25.8 Å². The number of benzene rings is 1. The van der Waals surface area contributed by atoms with E-state index in [9.17, 15) is 29.4 Å². The van der Waals surface area contributed by atoms with Crippen LogP contribution in [-0.4, -0.2) is 79.7 Å². The van der Waals surface area contributed by atoms with Crippen molar-refractivity contribution in [3.05, 3.63) is 41.2 Å². The van der Waals surface area contributed by atoms with Crippen LogP contribution in [0.4, 0.5) is 5.69 Å². The normalized spacial score (nSPS) is 21.1. The molecule has 3 heterocycles. The third-order valence-electron chi connectivity index (χ3n) is 7.74. The first-order valence-corrected chi connectivity index (χ1v) is 13.6. The fraction of sp³-hybridized carbons (Fsp3) is 0.556. The number of H-pyrrole nitrogens is 1. The van der Waals surface area contributed by atoms with Gasteiger partial charge in [-0.2, -0.15) is 15.4 Å². The second kappa shape index (κ2) is 12.6. The minimum atomic E-state index is -1.19. The first kappa shape index (κ1) is 29.2. The number of hydrogen-bond acceptors (Lipinski definition) is 8. The number of aryl methyl sites for hydroxylation is 1. The lowest BCUT2D eigenvalue weighted by Crippen LogP contribution is -2.60. The molecule has 13 nitrogen and oxygen atoms in total. The second-order valence-corrected chi connectivity index (χ2v) is 10.6. The van der Waals surface area contributed by atoms with Gasteiger partial charge in [0.25, 0.3) is 0 Å². The summed E-state index contributed by atoms with van der Waals surface area (Å²) in [6.07, 6.45) is 2.03. The average Bonchev–Trinajstić information content (AvgIpc) is 3.53. The van der Waals surface area contributed by atoms with Crippen LogP contribution in [0.1, 0.15) is 56.9 Å². The number of carboxylic acids is 1. The molecule has 0 saturated heterocycles. The highest BCUT2D eigenvalue weighted by Gasteiger charge is 2.44. The molecule has 2 aromatic rings. The molecule has 1 aromatic heterocycles. The molecule has 6 atom stereocenters. The number of carbonyl (C=O) groups excluding carboxylic acids is 3. The van der Waals surface area contributed by atoms with Gasteiger partial charge in [0.2, 0.25) is 17.7 Å². The minimum absolute atomic E-state index is 0.0581. The van der Waals surface area contributed by atoms with Crippen LogP contribution in [-0.2, 0) is 38.4 Å². The fourth-order valence-electron chi connectivity index (χ4n) is 5.58. The maximum absolute atomic E-state index is 14.0. The zero-order chi connectivity index (χ0) is 29.0. The Bertz CT molecular complexity index is 1240. The lowest BCUT2D eigenvalue weighted by Gasteiger charge is -2.33. The van der Waals surface area contributed by atoms with Gasteiger partial charge < -0.3 is 20.8 Å². The Morgan fingerprint density at radius 1 is 1.23 bits per heavy atom. The number of carboxylic acid groups (broad SMARTS) is 1. The molecule has 2 aliphatic heterocycles. The maximum Gasteiger partial charge on any atom is 0.305 e. The van der Waals surface area contributed by atoms with Gasteiger partial charge in [0.1, 0.15) is 12.3 Å². The van der Waals surface area contributed by atoms with Crippen LogP contribution >= 0.6 is 0 Å². The van der Waals surface area contributed by atoms with Crippen molar-refractivity contribution in [2.75, 3.05) is 4.90 Å². The van der Waals surface area contributed by atoms with Crippen molar-refractivity contribution in [1.82, 2.24) is 31.4 Å². The Labute approximate surface area is 232 Å². The summed E-state index contributed by atoms with van der Waals surface area (Å²) in [5.41, 5.74) is 2.97. The van der Waals surface area contributed by atoms with Crippen molar-refractivity contribution in [1.29, 1.82) is 0 Å². The largest absolute Gasteiger partial charge is 0.481 e. The number of aromatic nitrogens is 3. The predicted molar refractivity (Wildman–Crippen MR) is 144 cm³/mol. The molecule has 216 valence electrons. The number of aliphatic carboxylic acids is 1. The van der Waals surface area contributed by atoms with Gasteiger partial charge in [-0.15, -0.1) is 0 Å². The third-order valence-corrected chi connectivity index (χ3v) is 7.74. The van der Waals surface area contributed by atoms with Crippen LogP contribution in [0.3, 0.4) is 0 Å². The number of nitrogens with one attached hydrogen (secondary N) is 4. The summed E-state index contributed by atoms with van der Waals surface area (Å²) < 4.78 is 0. The number of hydrogen-bond donors (Lipinski definition) is 6. The average molecular weight is 556 g/mol. The van der Waals surface area contributed by atoms with E-state index < -0.39 is 42.3 Å². The second-order valence-electron chi connectivity index (χ2n) is 10.6. The molecule has 4 rings (SSSR count). The van der Waals surface area contributed by atoms with Crippen LogP contribution in [0.2, 0.25) is 0 Å². The molecule has 0 saturated carbocycles. The van der Waals surface area contributed by atoms with E-state index in [-0.39, 0.29) is 37.0 Å². The summed E-state index contributed by atoms with van der Waals surface area (Å²) in [5, 5.41) is 39.3. The van der Waals surface area contributed by atoms with E-state index >= 15 is 0 Å². The lowest BCUT2D eigenvalue weighted by molar-refractivity contribution is -0.138. The number of carbonyl (C=O) groups is 4. The standard InChI is InChI=1S/C27H37N7O6/c1-4-14(2)23(29-15(3)35)26(39)31-20-9-8-16-6-5-7-17-10-21(34(24(16)17)27(20)40)25(38)30-18(12-22(36)37)11-19-13-28-33-32-19/h5-7,13-14,18,20-21,23,26,31,39H,4,8-12H2,1-3H3,(H,29,35)(H,30,38)(H,36,37)(H,28,32,33)/t14-,18+,20?,21-,23-,26?/m0/s1. The minimum Gasteiger partial charge on any atom is -0.481 e. The number of para-hydroxylation sites is 1. The number of nitrogens with zero attached hydrogens (tertiary/aromatic N) is 3. The number of aliphatic hydroxyl groups excluding tert-OH is 1. The lowest BCUT2D eigenvalue weighted by atomic mass is 9.96. The Morgan fingerprint density at radius 2 is 1.98 bits per heavy atom. The summed E-state index contributed by atoms with van der Waals surface area (Å²) in [6, 6.07) is 2.64. The number of aromatic amines is 1. The number of amides is 3. The van der Waals surface area contributed by atoms with E-state index in [1.165, 1.54) is 18.0 Å². The van der Waals surface area contributed by atoms with Crippen molar-refractivity contribution < 1.29 is 29.4 Å². The highest BCUT2D eigenvalue weighted by atomic mass is 16.4. The number of rotatable bonds is 12. The van der Waals surface area contributed by atoms with E-state index in [0.29, 0.717) is 30.6 Å². The maximum atomic E-state index is 14.0. The highest BCUT2D eigenvalue weighted by Crippen LogP contribution is 2.39. The van der Waals surface area contributed by atoms with Gasteiger partial charge >= 0.3 is 5.97 Å². The van der Waals surface area contributed by atoms with Gasteiger partial charge in [-0.25, -0.2) is 0 Å². The summed E-state index contributed by atoms with van der Waals surface area (Å²) in [7, 11) is 0. The molecule has 0 aliphatic carbocycles. The highest BCUT2D eigenvalue weighted by molar-refractivity contribution is 6.07. The Morgan fingerprint density at radius 3 is 2.62 bits per heavy atom. The van der Waals surface area contributed by atoms with Crippen molar-refractivity contribution in [3.63, 3.8) is 0 Å². The molecule has 13 heteroatoms. The SMILES string of the molecule is CC[C@H](C)[C@H](NC(C)=O)C(O)NC1CCc2cccc3c2N(C1=O)[C@H](C(=O)N[C@@H](CC(=O)O)Cc1cn[nH]n1)C3. The fourth-order valence-corrected chi connectivity index (χ4v) is 5.58. The van der Waals surface area contributed by atoms with E-state index in [4.69, 9.17) is 0 Å². The van der Waals surface area contributed by atoms with Crippen LogP contribution < -0.4 is 20.9 Å². The molecule has 6 N–H and O–H groups in total. The molecule has 40 heavy (non-hydrogen) atoms. The molecular weight excluding hydrogens is 518 g/mol. The van der Waals surface area contributed by atoms with Gasteiger partial charge in [0.15, 0.2) is 0 Å². The van der Waals surface area contributed by atoms with Crippen LogP contribution in [0.15, 0.2) is 24.4 Å². The third kappa shape index (κ3) is 6.48. The van der Waals surface area contributed by atoms with Crippen LogP contribution in [0.25, 0.3) is 0 Å². The Balaban J connectivity index is 1.57. The van der Waals surface area contributed by atoms with Crippen LogP contribution in [0, 0.1) is 5.92 Å². The van der Waals surface area contributed by atoms with Crippen molar-refractivity contribution in [3.8, 4) is 0 Å². The summed E-state index contributed by atoms with van der Waals surface area (Å²) in [5.74, 6) is -2.25. The monoisotopic (exact) mass is 555 g/mol. The Kier molecular flexibility index (Phi) is 9.15. The molecule has 1 aromatic carbocycles. The van der Waals surface area contributed by atoms with E-state index in [1.54, 1.807) is 0 Å². The molecule has 0 bridgehead atoms. The van der Waals surface area contributed by atoms with Crippen molar-refractivity contribution in [2.45, 2.75) is 89.7 Å². The summed E-state index contributed by atoms with van der Waals surface area (Å²) >= 11 is 0. The van der Waals surface area contributed by atoms with Gasteiger partial charge in [-0.1, -0.05) is 38.5 Å². The van der Waals surface area contributed by atoms with Crippen LogP contribution in [0.5, 0.6) is 0 Å². The smallest absolute Gasteiger partial charge is 0.305 e. The molecule has 2 aliphatic rings. The van der Waals surface area contributed by atoms with Crippen molar-refractivity contribution >= 4 is 29.4 Å². The molecule has 0 radical (unpaired) electrons. The molecular formula is C27H37N7O6. The zero-order valence-electron chi connectivity index (χ0n) is 22.9. The quantitative estimate of drug-likeness (QED) is 0.196. The van der Waals surface area contributed by atoms with Crippen molar-refractivity contribution in [2.24, 2.45) is 5.92 Å². The molecule has 2 unspecified atom stereocenters. The van der Waals surface area contributed by atoms with E-state index in [2.05, 4.69) is 31.4 Å². The first-order valence-electron chi connectivity index (χ1n) is 13.6. The first-order chi connectivity index (χ1) is 19.1. The summed E-state index contributed by atoms with van der Waals surface area (Å²) in [6.45, 7) is 5.25. The molecule has 0 fully saturated rings. The zero-order valence-corrected chi connectivity index (χ0v) is 22.9. The topological polar surface area (TPSA) is 190 Å². The molecule has 0 spiro atoms. The van der Waals surface area contributed by atoms with Gasteiger partial charge in [0.05, 0.1) is 36.1 Å². The van der Waals surface area contributed by atoms with Gasteiger partial charge in [-0.3, -0.25) is 29.4 Å². The molecule has 3 amide bonds. The van der Waals surface area contributed by atoms with E-state index in [0.717, 1.165) is 11.1 Å². The number of anilines is 1. The Hall–Kier alpha value is -3.84. The van der Waals surface area contributed by atoms with Gasteiger partial charge in [-0.05, 0) is 29.9 Å². The predicted octanol–water partition coefficient (Wildman–Crippen LogP) is 0.0382. The van der Waals surface area contributed by atoms with E-state index in [1.807, 2.05) is 32.0 Å². The summed E-state index contributed by atoms with van der Waals surface area (Å²) in [4.78, 5) is 52.4. The number of aliphatic hydroxyl groups is 1.